The highest BCUT2D eigenvalue weighted by Crippen LogP contribution is 2.21. The van der Waals surface area contributed by atoms with Crippen molar-refractivity contribution < 1.29 is 17.9 Å². The van der Waals surface area contributed by atoms with Crippen molar-refractivity contribution in [3.05, 3.63) is 70.8 Å². The Morgan fingerprint density at radius 2 is 1.68 bits per heavy atom. The van der Waals surface area contributed by atoms with Crippen molar-refractivity contribution in [2.45, 2.75) is 25.2 Å². The monoisotopic (exact) mass is 359 g/mol. The molecule has 2 aromatic carbocycles. The second-order valence-corrected chi connectivity index (χ2v) is 7.43. The number of nitrogens with one attached hydrogen (secondary N) is 1. The zero-order valence-electron chi connectivity index (χ0n) is 14.4. The molecule has 0 amide bonds. The molecule has 0 radical (unpaired) electrons. The molecule has 6 heteroatoms. The summed E-state index contributed by atoms with van der Waals surface area (Å²) in [6.07, 6.45) is 2.08. The first-order valence-corrected chi connectivity index (χ1v) is 9.32. The summed E-state index contributed by atoms with van der Waals surface area (Å²) in [5.74, 6) is -0.918. The number of hydrogen-bond donors (Lipinski definition) is 1. The predicted octanol–water partition coefficient (Wildman–Crippen LogP) is 3.46. The van der Waals surface area contributed by atoms with Crippen molar-refractivity contribution in [3.63, 3.8) is 0 Å². The number of methoxy groups -OCH3 is 1. The van der Waals surface area contributed by atoms with Gasteiger partial charge in [-0.05, 0) is 43.2 Å². The van der Waals surface area contributed by atoms with E-state index in [1.165, 1.54) is 18.3 Å². The molecule has 25 heavy (non-hydrogen) atoms. The van der Waals surface area contributed by atoms with Crippen LogP contribution in [-0.4, -0.2) is 21.5 Å². The molecule has 2 aromatic rings. The Labute approximate surface area is 148 Å². The molecule has 0 aliphatic heterocycles. The highest BCUT2D eigenvalue weighted by atomic mass is 32.2. The van der Waals surface area contributed by atoms with Crippen molar-refractivity contribution in [1.29, 1.82) is 0 Å². The standard InChI is InChI=1S/C19H21NO4S/c1-4-15-7-9-16(10-8-15)20-13-18(19(21)24-3)25(22,23)17-11-5-14(2)6-12-17/h5-13,20H,4H2,1-3H3. The van der Waals surface area contributed by atoms with E-state index in [0.717, 1.165) is 24.7 Å². The molecular formula is C19H21NO4S. The lowest BCUT2D eigenvalue weighted by atomic mass is 10.1. The summed E-state index contributed by atoms with van der Waals surface area (Å²) in [4.78, 5) is 11.6. The number of sulfone groups is 1. The fraction of sp³-hybridized carbons (Fsp3) is 0.211. The van der Waals surface area contributed by atoms with Crippen LogP contribution in [0, 0.1) is 6.92 Å². The predicted molar refractivity (Wildman–Crippen MR) is 97.9 cm³/mol. The van der Waals surface area contributed by atoms with E-state index in [1.54, 1.807) is 12.1 Å². The van der Waals surface area contributed by atoms with Gasteiger partial charge in [-0.25, -0.2) is 13.2 Å². The number of esters is 1. The van der Waals surface area contributed by atoms with E-state index in [9.17, 15) is 13.2 Å². The number of ether oxygens (including phenoxy) is 1. The lowest BCUT2D eigenvalue weighted by Crippen LogP contribution is -2.17. The largest absolute Gasteiger partial charge is 0.465 e. The Bertz CT molecular complexity index is 867. The SMILES string of the molecule is CCc1ccc(NC=C(C(=O)OC)S(=O)(=O)c2ccc(C)cc2)cc1. The highest BCUT2D eigenvalue weighted by molar-refractivity contribution is 7.96. The van der Waals surface area contributed by atoms with Crippen LogP contribution in [0.1, 0.15) is 18.1 Å². The van der Waals surface area contributed by atoms with Gasteiger partial charge in [0.05, 0.1) is 12.0 Å². The summed E-state index contributed by atoms with van der Waals surface area (Å²) in [5, 5.41) is 2.86. The Balaban J connectivity index is 2.37. The molecule has 0 spiro atoms. The lowest BCUT2D eigenvalue weighted by molar-refractivity contribution is -0.135. The fourth-order valence-electron chi connectivity index (χ4n) is 2.18. The molecule has 5 nitrogen and oxygen atoms in total. The van der Waals surface area contributed by atoms with Crippen LogP contribution in [0.4, 0.5) is 5.69 Å². The number of anilines is 1. The molecule has 0 bridgehead atoms. The molecule has 1 N–H and O–H groups in total. The zero-order valence-corrected chi connectivity index (χ0v) is 15.3. The first-order valence-electron chi connectivity index (χ1n) is 7.84. The van der Waals surface area contributed by atoms with Crippen molar-refractivity contribution in [3.8, 4) is 0 Å². The van der Waals surface area contributed by atoms with Gasteiger partial charge in [-0.2, -0.15) is 0 Å². The molecule has 0 saturated heterocycles. The maximum atomic E-state index is 12.8. The average Bonchev–Trinajstić information content (AvgIpc) is 2.62. The topological polar surface area (TPSA) is 72.5 Å². The van der Waals surface area contributed by atoms with E-state index in [2.05, 4.69) is 10.1 Å². The molecule has 0 atom stereocenters. The van der Waals surface area contributed by atoms with Crippen molar-refractivity contribution >= 4 is 21.5 Å². The van der Waals surface area contributed by atoms with E-state index < -0.39 is 20.7 Å². The van der Waals surface area contributed by atoms with Crippen molar-refractivity contribution in [2.24, 2.45) is 0 Å². The molecule has 2 rings (SSSR count). The maximum absolute atomic E-state index is 12.8. The molecule has 0 fully saturated rings. The smallest absolute Gasteiger partial charge is 0.351 e. The van der Waals surface area contributed by atoms with Gasteiger partial charge in [-0.1, -0.05) is 36.8 Å². The first-order chi connectivity index (χ1) is 11.9. The van der Waals surface area contributed by atoms with Crippen LogP contribution in [0.3, 0.4) is 0 Å². The van der Waals surface area contributed by atoms with Crippen LogP contribution in [0.15, 0.2) is 64.5 Å². The summed E-state index contributed by atoms with van der Waals surface area (Å²) in [7, 11) is -2.84. The van der Waals surface area contributed by atoms with Gasteiger partial charge in [0.2, 0.25) is 9.84 Å². The number of hydrogen-bond acceptors (Lipinski definition) is 5. The normalized spacial score (nSPS) is 11.9. The van der Waals surface area contributed by atoms with Gasteiger partial charge in [-0.15, -0.1) is 0 Å². The number of benzene rings is 2. The van der Waals surface area contributed by atoms with E-state index in [4.69, 9.17) is 0 Å². The Morgan fingerprint density at radius 3 is 2.20 bits per heavy atom. The number of aryl methyl sites for hydroxylation is 2. The quantitative estimate of drug-likeness (QED) is 0.632. The number of rotatable bonds is 6. The summed E-state index contributed by atoms with van der Waals surface area (Å²) < 4.78 is 30.2. The van der Waals surface area contributed by atoms with E-state index >= 15 is 0 Å². The lowest BCUT2D eigenvalue weighted by Gasteiger charge is -2.09. The van der Waals surface area contributed by atoms with Gasteiger partial charge >= 0.3 is 5.97 Å². The van der Waals surface area contributed by atoms with Gasteiger partial charge in [0.1, 0.15) is 0 Å². The molecular weight excluding hydrogens is 338 g/mol. The van der Waals surface area contributed by atoms with Crippen LogP contribution in [0.5, 0.6) is 0 Å². The minimum Gasteiger partial charge on any atom is -0.465 e. The Kier molecular flexibility index (Phi) is 5.98. The Hall–Kier alpha value is -2.60. The van der Waals surface area contributed by atoms with Gasteiger partial charge in [0, 0.05) is 11.9 Å². The molecule has 0 aromatic heterocycles. The molecule has 0 heterocycles. The summed E-state index contributed by atoms with van der Waals surface area (Å²) >= 11 is 0. The molecule has 0 unspecified atom stereocenters. The third-order valence-electron chi connectivity index (χ3n) is 3.74. The van der Waals surface area contributed by atoms with Crippen molar-refractivity contribution in [2.75, 3.05) is 12.4 Å². The third-order valence-corrected chi connectivity index (χ3v) is 5.50. The zero-order chi connectivity index (χ0) is 18.4. The summed E-state index contributed by atoms with van der Waals surface area (Å²) in [6, 6.07) is 13.8. The molecule has 132 valence electrons. The molecule has 0 aliphatic rings. The maximum Gasteiger partial charge on any atom is 0.351 e. The van der Waals surface area contributed by atoms with Crippen LogP contribution < -0.4 is 5.32 Å². The van der Waals surface area contributed by atoms with E-state index in [0.29, 0.717) is 5.69 Å². The first kappa shape index (κ1) is 18.7. The minimum atomic E-state index is -3.99. The third kappa shape index (κ3) is 4.48. The second-order valence-electron chi connectivity index (χ2n) is 5.51. The number of carbonyl (C=O) groups excluding carboxylic acids is 1. The fourth-order valence-corrected chi connectivity index (χ4v) is 3.44. The van der Waals surface area contributed by atoms with Crippen LogP contribution in [-0.2, 0) is 25.8 Å². The average molecular weight is 359 g/mol. The summed E-state index contributed by atoms with van der Waals surface area (Å²) in [5.41, 5.74) is 2.77. The van der Waals surface area contributed by atoms with Gasteiger partial charge in [0.25, 0.3) is 0 Å². The highest BCUT2D eigenvalue weighted by Gasteiger charge is 2.28. The van der Waals surface area contributed by atoms with E-state index in [-0.39, 0.29) is 4.90 Å². The van der Waals surface area contributed by atoms with Gasteiger partial charge in [0.15, 0.2) is 4.91 Å². The molecule has 0 aliphatic carbocycles. The minimum absolute atomic E-state index is 0.0397. The van der Waals surface area contributed by atoms with Crippen molar-refractivity contribution in [1.82, 2.24) is 0 Å². The van der Waals surface area contributed by atoms with Crippen LogP contribution in [0.2, 0.25) is 0 Å². The van der Waals surface area contributed by atoms with Crippen LogP contribution >= 0.6 is 0 Å². The molecule has 0 saturated carbocycles. The summed E-state index contributed by atoms with van der Waals surface area (Å²) in [6.45, 7) is 3.90. The van der Waals surface area contributed by atoms with Gasteiger partial charge in [-0.3, -0.25) is 0 Å². The number of carbonyl (C=O) groups is 1. The van der Waals surface area contributed by atoms with Gasteiger partial charge < -0.3 is 10.1 Å². The second kappa shape index (κ2) is 7.98. The van der Waals surface area contributed by atoms with E-state index in [1.807, 2.05) is 38.1 Å². The Morgan fingerprint density at radius 1 is 1.08 bits per heavy atom. The van der Waals surface area contributed by atoms with Crippen LogP contribution in [0.25, 0.3) is 0 Å².